The van der Waals surface area contributed by atoms with Gasteiger partial charge in [0.15, 0.2) is 0 Å². The lowest BCUT2D eigenvalue weighted by atomic mass is 10.0. The van der Waals surface area contributed by atoms with E-state index < -0.39 is 10.0 Å². The van der Waals surface area contributed by atoms with Crippen LogP contribution in [0.3, 0.4) is 0 Å². The molecule has 0 spiro atoms. The van der Waals surface area contributed by atoms with E-state index in [1.165, 1.54) is 26.4 Å². The van der Waals surface area contributed by atoms with E-state index in [1.54, 1.807) is 6.07 Å². The molecule has 1 fully saturated rings. The number of rotatable bonds is 8. The number of sulfonamides is 1. The van der Waals surface area contributed by atoms with Crippen LogP contribution in [-0.4, -0.2) is 40.9 Å². The fourth-order valence-electron chi connectivity index (χ4n) is 2.25. The fourth-order valence-corrected chi connectivity index (χ4v) is 3.56. The van der Waals surface area contributed by atoms with Crippen LogP contribution in [0.2, 0.25) is 0 Å². The van der Waals surface area contributed by atoms with Crippen molar-refractivity contribution in [2.75, 3.05) is 27.4 Å². The van der Waals surface area contributed by atoms with Crippen LogP contribution in [0.25, 0.3) is 0 Å². The maximum atomic E-state index is 12.4. The Labute approximate surface area is 125 Å². The Morgan fingerprint density at radius 1 is 1.29 bits per heavy atom. The van der Waals surface area contributed by atoms with E-state index in [-0.39, 0.29) is 22.7 Å². The Hall–Kier alpha value is -1.31. The molecule has 2 rings (SSSR count). The van der Waals surface area contributed by atoms with Gasteiger partial charge in [-0.25, -0.2) is 13.1 Å². The SMILES string of the molecule is COc1ccc(S(=O)(=O)NCC2(CCO)CC2)c(OC)c1. The molecule has 118 valence electrons. The number of aliphatic hydroxyl groups excluding tert-OH is 1. The van der Waals surface area contributed by atoms with Gasteiger partial charge >= 0.3 is 0 Å². The molecule has 0 heterocycles. The van der Waals surface area contributed by atoms with E-state index in [1.807, 2.05) is 0 Å². The van der Waals surface area contributed by atoms with Gasteiger partial charge in [0, 0.05) is 19.2 Å². The Bertz CT molecular complexity index is 595. The summed E-state index contributed by atoms with van der Waals surface area (Å²) >= 11 is 0. The van der Waals surface area contributed by atoms with E-state index >= 15 is 0 Å². The first-order chi connectivity index (χ1) is 9.96. The lowest BCUT2D eigenvalue weighted by Crippen LogP contribution is -2.31. The van der Waals surface area contributed by atoms with Gasteiger partial charge in [0.1, 0.15) is 16.4 Å². The third-order valence-corrected chi connectivity index (χ3v) is 5.34. The molecule has 7 heteroatoms. The molecule has 6 nitrogen and oxygen atoms in total. The average molecular weight is 315 g/mol. The number of aliphatic hydroxyl groups is 1. The summed E-state index contributed by atoms with van der Waals surface area (Å²) in [5, 5.41) is 9.02. The third kappa shape index (κ3) is 3.66. The van der Waals surface area contributed by atoms with Crippen molar-refractivity contribution in [3.05, 3.63) is 18.2 Å². The topological polar surface area (TPSA) is 84.9 Å². The second kappa shape index (κ2) is 6.21. The highest BCUT2D eigenvalue weighted by Crippen LogP contribution is 2.48. The minimum atomic E-state index is -3.65. The van der Waals surface area contributed by atoms with Gasteiger partial charge in [-0.1, -0.05) is 0 Å². The molecule has 0 saturated heterocycles. The fraction of sp³-hybridized carbons (Fsp3) is 0.571. The minimum absolute atomic E-state index is 0.0770. The van der Waals surface area contributed by atoms with Crippen molar-refractivity contribution in [1.82, 2.24) is 4.72 Å². The summed E-state index contributed by atoms with van der Waals surface area (Å²) in [5.74, 6) is 0.776. The summed E-state index contributed by atoms with van der Waals surface area (Å²) in [6.45, 7) is 0.415. The molecule has 0 radical (unpaired) electrons. The average Bonchev–Trinajstić information content (AvgIpc) is 3.25. The maximum absolute atomic E-state index is 12.4. The first kappa shape index (κ1) is 16.1. The lowest BCUT2D eigenvalue weighted by molar-refractivity contribution is 0.249. The number of methoxy groups -OCH3 is 2. The van der Waals surface area contributed by atoms with E-state index in [9.17, 15) is 8.42 Å². The predicted molar refractivity (Wildman–Crippen MR) is 78.1 cm³/mol. The van der Waals surface area contributed by atoms with Gasteiger partial charge in [-0.2, -0.15) is 0 Å². The molecule has 0 aromatic heterocycles. The molecule has 2 N–H and O–H groups in total. The monoisotopic (exact) mass is 315 g/mol. The quantitative estimate of drug-likeness (QED) is 0.751. The first-order valence-electron chi connectivity index (χ1n) is 6.79. The summed E-state index contributed by atoms with van der Waals surface area (Å²) in [4.78, 5) is 0.0885. The largest absolute Gasteiger partial charge is 0.497 e. The second-order valence-corrected chi connectivity index (χ2v) is 7.05. The van der Waals surface area contributed by atoms with E-state index in [2.05, 4.69) is 4.72 Å². The zero-order valence-electron chi connectivity index (χ0n) is 12.3. The molecule has 0 aliphatic heterocycles. The summed E-state index contributed by atoms with van der Waals surface area (Å²) < 4.78 is 37.6. The van der Waals surface area contributed by atoms with E-state index in [0.29, 0.717) is 18.7 Å². The normalized spacial score (nSPS) is 16.5. The van der Waals surface area contributed by atoms with Crippen LogP contribution in [-0.2, 0) is 10.0 Å². The Kier molecular flexibility index (Phi) is 4.75. The van der Waals surface area contributed by atoms with Crippen LogP contribution in [0.1, 0.15) is 19.3 Å². The van der Waals surface area contributed by atoms with Crippen LogP contribution in [0.4, 0.5) is 0 Å². The molecule has 1 aromatic carbocycles. The first-order valence-corrected chi connectivity index (χ1v) is 8.27. The zero-order chi connectivity index (χ0) is 15.5. The summed E-state index contributed by atoms with van der Waals surface area (Å²) in [7, 11) is -0.726. The minimum Gasteiger partial charge on any atom is -0.497 e. The second-order valence-electron chi connectivity index (χ2n) is 5.31. The van der Waals surface area contributed by atoms with Crippen LogP contribution in [0, 0.1) is 5.41 Å². The number of ether oxygens (including phenoxy) is 2. The van der Waals surface area contributed by atoms with Crippen molar-refractivity contribution in [2.24, 2.45) is 5.41 Å². The van der Waals surface area contributed by atoms with Crippen LogP contribution in [0.5, 0.6) is 11.5 Å². The number of benzene rings is 1. The Morgan fingerprint density at radius 3 is 2.52 bits per heavy atom. The van der Waals surface area contributed by atoms with Crippen molar-refractivity contribution in [3.63, 3.8) is 0 Å². The molecule has 1 aliphatic rings. The number of hydrogen-bond acceptors (Lipinski definition) is 5. The highest BCUT2D eigenvalue weighted by molar-refractivity contribution is 7.89. The molecular weight excluding hydrogens is 294 g/mol. The van der Waals surface area contributed by atoms with Gasteiger partial charge in [0.05, 0.1) is 14.2 Å². The smallest absolute Gasteiger partial charge is 0.244 e. The highest BCUT2D eigenvalue weighted by Gasteiger charge is 2.42. The van der Waals surface area contributed by atoms with E-state index in [0.717, 1.165) is 12.8 Å². The molecule has 0 bridgehead atoms. The van der Waals surface area contributed by atoms with Crippen LogP contribution < -0.4 is 14.2 Å². The van der Waals surface area contributed by atoms with Crippen molar-refractivity contribution >= 4 is 10.0 Å². The zero-order valence-corrected chi connectivity index (χ0v) is 13.1. The van der Waals surface area contributed by atoms with Gasteiger partial charge in [-0.15, -0.1) is 0 Å². The van der Waals surface area contributed by atoms with Gasteiger partial charge < -0.3 is 14.6 Å². The number of nitrogens with one attached hydrogen (secondary N) is 1. The van der Waals surface area contributed by atoms with Crippen molar-refractivity contribution in [2.45, 2.75) is 24.2 Å². The molecule has 1 aromatic rings. The maximum Gasteiger partial charge on any atom is 0.244 e. The van der Waals surface area contributed by atoms with Crippen LogP contribution >= 0.6 is 0 Å². The Morgan fingerprint density at radius 2 is 2.00 bits per heavy atom. The summed E-state index contributed by atoms with van der Waals surface area (Å²) in [5.41, 5.74) is -0.0818. The Balaban J connectivity index is 2.16. The van der Waals surface area contributed by atoms with Crippen LogP contribution in [0.15, 0.2) is 23.1 Å². The molecular formula is C14H21NO5S. The van der Waals surface area contributed by atoms with Crippen molar-refractivity contribution in [3.8, 4) is 11.5 Å². The molecule has 1 aliphatic carbocycles. The molecule has 0 atom stereocenters. The van der Waals surface area contributed by atoms with Gasteiger partial charge in [-0.05, 0) is 36.8 Å². The standard InChI is InChI=1S/C14H21NO5S/c1-19-11-3-4-13(12(9-11)20-2)21(17,18)15-10-14(5-6-14)7-8-16/h3-4,9,15-16H,5-8,10H2,1-2H3. The summed E-state index contributed by atoms with van der Waals surface area (Å²) in [6.07, 6.45) is 2.50. The third-order valence-electron chi connectivity index (χ3n) is 3.90. The van der Waals surface area contributed by atoms with Crippen molar-refractivity contribution in [1.29, 1.82) is 0 Å². The molecule has 0 unspecified atom stereocenters. The molecule has 21 heavy (non-hydrogen) atoms. The summed E-state index contributed by atoms with van der Waals surface area (Å²) in [6, 6.07) is 4.58. The molecule has 0 amide bonds. The van der Waals surface area contributed by atoms with Gasteiger partial charge in [0.25, 0.3) is 0 Å². The van der Waals surface area contributed by atoms with Crippen molar-refractivity contribution < 1.29 is 23.0 Å². The van der Waals surface area contributed by atoms with Gasteiger partial charge in [0.2, 0.25) is 10.0 Å². The van der Waals surface area contributed by atoms with E-state index in [4.69, 9.17) is 14.6 Å². The molecule has 1 saturated carbocycles. The van der Waals surface area contributed by atoms with Gasteiger partial charge in [-0.3, -0.25) is 0 Å². The predicted octanol–water partition coefficient (Wildman–Crippen LogP) is 1.14. The highest BCUT2D eigenvalue weighted by atomic mass is 32.2. The lowest BCUT2D eigenvalue weighted by Gasteiger charge is -2.16. The number of hydrogen-bond donors (Lipinski definition) is 2.